The number of ether oxygens (including phenoxy) is 1. The first-order valence-electron chi connectivity index (χ1n) is 13.6. The summed E-state index contributed by atoms with van der Waals surface area (Å²) in [6.07, 6.45) is 2.40. The molecule has 0 aliphatic carbocycles. The molecule has 2 aromatic rings. The van der Waals surface area contributed by atoms with Crippen molar-refractivity contribution in [3.8, 4) is 0 Å². The first kappa shape index (κ1) is 28.8. The highest BCUT2D eigenvalue weighted by atomic mass is 28.4. The van der Waals surface area contributed by atoms with Gasteiger partial charge in [-0.15, -0.1) is 0 Å². The van der Waals surface area contributed by atoms with Crippen LogP contribution in [0.25, 0.3) is 0 Å². The Morgan fingerprint density at radius 3 is 1.97 bits per heavy atom. The third-order valence-electron chi connectivity index (χ3n) is 7.99. The van der Waals surface area contributed by atoms with Gasteiger partial charge in [-0.1, -0.05) is 95.3 Å². The van der Waals surface area contributed by atoms with Crippen LogP contribution in [0, 0.1) is 11.8 Å². The second-order valence-corrected chi connectivity index (χ2v) is 17.1. The van der Waals surface area contributed by atoms with E-state index in [1.165, 1.54) is 11.1 Å². The summed E-state index contributed by atoms with van der Waals surface area (Å²) in [7, 11) is -2.12. The third kappa shape index (κ3) is 7.61. The van der Waals surface area contributed by atoms with Gasteiger partial charge in [-0.25, -0.2) is 0 Å². The lowest BCUT2D eigenvalue weighted by Gasteiger charge is -2.47. The van der Waals surface area contributed by atoms with Crippen molar-refractivity contribution in [3.63, 3.8) is 0 Å². The van der Waals surface area contributed by atoms with Gasteiger partial charge in [-0.3, -0.25) is 4.90 Å². The van der Waals surface area contributed by atoms with Gasteiger partial charge in [-0.05, 0) is 48.0 Å². The molecule has 1 saturated heterocycles. The molecule has 4 nitrogen and oxygen atoms in total. The minimum absolute atomic E-state index is 0.0643. The van der Waals surface area contributed by atoms with Crippen LogP contribution in [-0.2, 0) is 27.0 Å². The molecule has 0 bridgehead atoms. The predicted octanol–water partition coefficient (Wildman–Crippen LogP) is 7.10. The number of nitrogens with zero attached hydrogens (tertiary/aromatic N) is 1. The quantitative estimate of drug-likeness (QED) is 0.226. The van der Waals surface area contributed by atoms with E-state index in [4.69, 9.17) is 9.16 Å². The third-order valence-corrected chi connectivity index (χ3v) is 12.5. The van der Waals surface area contributed by atoms with Crippen molar-refractivity contribution in [3.05, 3.63) is 71.8 Å². The van der Waals surface area contributed by atoms with E-state index >= 15 is 0 Å². The number of carbonyl (C=O) groups excluding carboxylic acids is 1. The summed E-state index contributed by atoms with van der Waals surface area (Å²) < 4.78 is 13.2. The zero-order chi connectivity index (χ0) is 26.3. The molecule has 1 aliphatic rings. The molecule has 0 aromatic heterocycles. The van der Waals surface area contributed by atoms with Gasteiger partial charge >= 0.3 is 0 Å². The molecule has 1 heterocycles. The molecular weight excluding hydrogens is 462 g/mol. The maximum absolute atomic E-state index is 12.1. The van der Waals surface area contributed by atoms with E-state index in [0.29, 0.717) is 12.5 Å². The SMILES string of the molecule is CC(C)C[C@@H]([C@@H](O[Si](C)(C)C(C)(C)C)[C@@H]1CCO[C@@H]1C=O)N(Cc1ccccc1)Cc1ccccc1. The van der Waals surface area contributed by atoms with Gasteiger partial charge in [0.1, 0.15) is 12.4 Å². The van der Waals surface area contributed by atoms with Crippen molar-refractivity contribution in [2.45, 2.75) is 96.9 Å². The lowest BCUT2D eigenvalue weighted by molar-refractivity contribution is -0.119. The van der Waals surface area contributed by atoms with Gasteiger partial charge in [0.25, 0.3) is 0 Å². The van der Waals surface area contributed by atoms with Crippen LogP contribution in [0.4, 0.5) is 0 Å². The summed E-state index contributed by atoms with van der Waals surface area (Å²) in [6.45, 7) is 18.4. The summed E-state index contributed by atoms with van der Waals surface area (Å²) in [5.74, 6) is 0.556. The minimum Gasteiger partial charge on any atom is -0.412 e. The first-order chi connectivity index (χ1) is 17.0. The fourth-order valence-corrected chi connectivity index (χ4v) is 6.35. The van der Waals surface area contributed by atoms with Crippen molar-refractivity contribution < 1.29 is 14.0 Å². The molecule has 36 heavy (non-hydrogen) atoms. The van der Waals surface area contributed by atoms with Crippen LogP contribution in [-0.4, -0.2) is 44.4 Å². The van der Waals surface area contributed by atoms with E-state index in [0.717, 1.165) is 32.2 Å². The van der Waals surface area contributed by atoms with Gasteiger partial charge in [0, 0.05) is 31.7 Å². The number of rotatable bonds is 12. The standard InChI is InChI=1S/C31H47NO3Si/c1-24(2)20-28(30(27-18-19-34-29(27)23-33)35-36(6,7)31(3,4)5)32(21-25-14-10-8-11-15-25)22-26-16-12-9-13-17-26/h8-17,23-24,27-30H,18-22H2,1-7H3/t27-,28+,29-,30+/m1/s1. The number of aldehydes is 1. The zero-order valence-corrected chi connectivity index (χ0v) is 24.4. The van der Waals surface area contributed by atoms with E-state index in [1.54, 1.807) is 0 Å². The minimum atomic E-state index is -2.12. The molecule has 0 radical (unpaired) electrons. The molecular formula is C31H47NO3Si. The molecule has 1 fully saturated rings. The highest BCUT2D eigenvalue weighted by Gasteiger charge is 2.47. The van der Waals surface area contributed by atoms with Crippen molar-refractivity contribution in [1.29, 1.82) is 0 Å². The second-order valence-electron chi connectivity index (χ2n) is 12.3. The summed E-state index contributed by atoms with van der Waals surface area (Å²) in [5, 5.41) is 0.0768. The Labute approximate surface area is 220 Å². The average Bonchev–Trinajstić information content (AvgIpc) is 3.30. The van der Waals surface area contributed by atoms with Crippen molar-refractivity contribution in [1.82, 2.24) is 4.90 Å². The Morgan fingerprint density at radius 1 is 1.00 bits per heavy atom. The van der Waals surface area contributed by atoms with Crippen LogP contribution >= 0.6 is 0 Å². The molecule has 3 rings (SSSR count). The number of carbonyl (C=O) groups is 1. The monoisotopic (exact) mass is 509 g/mol. The summed E-state index contributed by atoms with van der Waals surface area (Å²) >= 11 is 0. The Balaban J connectivity index is 2.07. The summed E-state index contributed by atoms with van der Waals surface area (Å²) in [5.41, 5.74) is 2.59. The van der Waals surface area contributed by atoms with E-state index in [9.17, 15) is 4.79 Å². The molecule has 0 unspecified atom stereocenters. The maximum Gasteiger partial charge on any atom is 0.192 e. The van der Waals surface area contributed by atoms with Crippen LogP contribution in [0.15, 0.2) is 60.7 Å². The summed E-state index contributed by atoms with van der Waals surface area (Å²) in [4.78, 5) is 14.7. The van der Waals surface area contributed by atoms with Gasteiger partial charge < -0.3 is 14.0 Å². The molecule has 0 spiro atoms. The highest BCUT2D eigenvalue weighted by Crippen LogP contribution is 2.41. The van der Waals surface area contributed by atoms with Crippen LogP contribution in [0.5, 0.6) is 0 Å². The van der Waals surface area contributed by atoms with Crippen LogP contribution in [0.3, 0.4) is 0 Å². The van der Waals surface area contributed by atoms with E-state index in [1.807, 2.05) is 0 Å². The normalized spacial score (nSPS) is 20.6. The molecule has 2 aromatic carbocycles. The topological polar surface area (TPSA) is 38.8 Å². The molecule has 4 atom stereocenters. The second kappa shape index (κ2) is 12.6. The van der Waals surface area contributed by atoms with Gasteiger partial charge in [0.05, 0.1) is 6.10 Å². The zero-order valence-electron chi connectivity index (χ0n) is 23.4. The van der Waals surface area contributed by atoms with E-state index in [2.05, 4.69) is 113 Å². The maximum atomic E-state index is 12.1. The van der Waals surface area contributed by atoms with E-state index < -0.39 is 14.4 Å². The Hall–Kier alpha value is -1.79. The Kier molecular flexibility index (Phi) is 10.1. The molecule has 198 valence electrons. The highest BCUT2D eigenvalue weighted by molar-refractivity contribution is 6.74. The van der Waals surface area contributed by atoms with Crippen molar-refractivity contribution in [2.24, 2.45) is 11.8 Å². The smallest absolute Gasteiger partial charge is 0.192 e. The fraction of sp³-hybridized carbons (Fsp3) is 0.581. The first-order valence-corrected chi connectivity index (χ1v) is 16.5. The lowest BCUT2D eigenvalue weighted by Crippen LogP contribution is -2.55. The number of benzene rings is 2. The van der Waals surface area contributed by atoms with Crippen LogP contribution < -0.4 is 0 Å². The average molecular weight is 510 g/mol. The number of hydrogen-bond acceptors (Lipinski definition) is 4. The molecule has 5 heteroatoms. The summed E-state index contributed by atoms with van der Waals surface area (Å²) in [6, 6.07) is 21.6. The van der Waals surface area contributed by atoms with Crippen molar-refractivity contribution >= 4 is 14.6 Å². The largest absolute Gasteiger partial charge is 0.412 e. The Morgan fingerprint density at radius 2 is 1.53 bits per heavy atom. The van der Waals surface area contributed by atoms with Crippen LogP contribution in [0.1, 0.15) is 58.6 Å². The molecule has 0 saturated carbocycles. The fourth-order valence-electron chi connectivity index (χ4n) is 4.99. The molecule has 1 aliphatic heterocycles. The lowest BCUT2D eigenvalue weighted by atomic mass is 9.85. The van der Waals surface area contributed by atoms with E-state index in [-0.39, 0.29) is 23.1 Å². The molecule has 0 N–H and O–H groups in total. The van der Waals surface area contributed by atoms with Crippen LogP contribution in [0.2, 0.25) is 18.1 Å². The number of hydrogen-bond donors (Lipinski definition) is 0. The van der Waals surface area contributed by atoms with Gasteiger partial charge in [0.15, 0.2) is 8.32 Å². The predicted molar refractivity (Wildman–Crippen MR) is 151 cm³/mol. The Bertz CT molecular complexity index is 884. The van der Waals surface area contributed by atoms with Gasteiger partial charge in [-0.2, -0.15) is 0 Å². The van der Waals surface area contributed by atoms with Gasteiger partial charge in [0.2, 0.25) is 0 Å². The van der Waals surface area contributed by atoms with Crippen molar-refractivity contribution in [2.75, 3.05) is 6.61 Å². The molecule has 0 amide bonds.